The zero-order valence-corrected chi connectivity index (χ0v) is 16.5. The molecule has 0 bridgehead atoms. The first-order valence-corrected chi connectivity index (χ1v) is 9.79. The lowest BCUT2D eigenvalue weighted by Crippen LogP contribution is -2.29. The molecule has 2 aromatic heterocycles. The second-order valence-electron chi connectivity index (χ2n) is 6.19. The number of nitrogens with one attached hydrogen (secondary N) is 1. The van der Waals surface area contributed by atoms with Crippen molar-refractivity contribution in [3.63, 3.8) is 0 Å². The van der Waals surface area contributed by atoms with Crippen LogP contribution in [0.5, 0.6) is 0 Å². The van der Waals surface area contributed by atoms with Crippen LogP contribution in [0.2, 0.25) is 0 Å². The molecule has 0 fully saturated rings. The van der Waals surface area contributed by atoms with Gasteiger partial charge >= 0.3 is 0 Å². The van der Waals surface area contributed by atoms with Crippen molar-refractivity contribution in [1.82, 2.24) is 9.97 Å². The summed E-state index contributed by atoms with van der Waals surface area (Å²) in [6.07, 6.45) is 0. The molecule has 1 aromatic carbocycles. The number of nitrogen functional groups attached to an aromatic ring is 1. The van der Waals surface area contributed by atoms with E-state index in [1.165, 1.54) is 4.88 Å². The minimum atomic E-state index is -0.182. The number of para-hydroxylation sites is 1. The van der Waals surface area contributed by atoms with Crippen molar-refractivity contribution in [3.05, 3.63) is 64.5 Å². The number of carbonyl (C=O) groups is 1. The highest BCUT2D eigenvalue weighted by Crippen LogP contribution is 2.19. The van der Waals surface area contributed by atoms with E-state index >= 15 is 0 Å². The molecule has 0 aliphatic carbocycles. The van der Waals surface area contributed by atoms with Gasteiger partial charge in [0.2, 0.25) is 11.9 Å². The van der Waals surface area contributed by atoms with E-state index in [4.69, 9.17) is 10.5 Å². The Morgan fingerprint density at radius 3 is 2.75 bits per heavy atom. The van der Waals surface area contributed by atoms with Crippen molar-refractivity contribution in [1.29, 1.82) is 0 Å². The molecule has 0 spiro atoms. The van der Waals surface area contributed by atoms with Crippen LogP contribution in [0.25, 0.3) is 0 Å². The minimum Gasteiger partial charge on any atom is -0.370 e. The van der Waals surface area contributed by atoms with Crippen molar-refractivity contribution >= 4 is 34.7 Å². The summed E-state index contributed by atoms with van der Waals surface area (Å²) in [5.74, 6) is 0.809. The Labute approximate surface area is 168 Å². The minimum absolute atomic E-state index is 0.00727. The Bertz CT molecular complexity index is 867. The van der Waals surface area contributed by atoms with E-state index in [-0.39, 0.29) is 18.5 Å². The van der Waals surface area contributed by atoms with Gasteiger partial charge in [-0.1, -0.05) is 24.3 Å². The summed E-state index contributed by atoms with van der Waals surface area (Å²) in [7, 11) is 0. The van der Waals surface area contributed by atoms with Crippen LogP contribution in [-0.4, -0.2) is 35.6 Å². The predicted octanol–water partition coefficient (Wildman–Crippen LogP) is 3.09. The molecular weight excluding hydrogens is 374 g/mol. The maximum Gasteiger partial charge on any atom is 0.250 e. The Kier molecular flexibility index (Phi) is 6.94. The standard InChI is InChI=1S/C20H23N5O2S/c1-15-12-18(24-20(21)22-15)25(13-17-8-5-11-28-17)9-10-27-14-19(26)23-16-6-3-2-4-7-16/h2-8,11-12H,9-10,13-14H2,1H3,(H,23,26)(H2,21,22,24). The lowest BCUT2D eigenvalue weighted by Gasteiger charge is -2.23. The number of hydrogen-bond donors (Lipinski definition) is 2. The van der Waals surface area contributed by atoms with Gasteiger partial charge in [-0.2, -0.15) is 4.98 Å². The first-order chi connectivity index (χ1) is 13.6. The fourth-order valence-corrected chi connectivity index (χ4v) is 3.38. The molecule has 0 saturated carbocycles. The molecule has 3 rings (SSSR count). The van der Waals surface area contributed by atoms with E-state index in [9.17, 15) is 4.79 Å². The third kappa shape index (κ3) is 6.04. The molecule has 8 heteroatoms. The van der Waals surface area contributed by atoms with E-state index in [1.54, 1.807) is 11.3 Å². The molecule has 0 atom stereocenters. The van der Waals surface area contributed by atoms with Gasteiger partial charge < -0.3 is 20.7 Å². The van der Waals surface area contributed by atoms with Gasteiger partial charge in [0.15, 0.2) is 0 Å². The van der Waals surface area contributed by atoms with Gasteiger partial charge in [-0.05, 0) is 30.5 Å². The Hall–Kier alpha value is -2.97. The van der Waals surface area contributed by atoms with Crippen LogP contribution in [0.15, 0.2) is 53.9 Å². The van der Waals surface area contributed by atoms with Gasteiger partial charge in [0.25, 0.3) is 0 Å². The smallest absolute Gasteiger partial charge is 0.250 e. The zero-order chi connectivity index (χ0) is 19.8. The van der Waals surface area contributed by atoms with Gasteiger partial charge in [-0.15, -0.1) is 11.3 Å². The number of nitrogens with two attached hydrogens (primary N) is 1. The molecule has 3 N–H and O–H groups in total. The van der Waals surface area contributed by atoms with E-state index in [0.717, 1.165) is 17.2 Å². The predicted molar refractivity (Wildman–Crippen MR) is 112 cm³/mol. The van der Waals surface area contributed by atoms with Crippen LogP contribution in [-0.2, 0) is 16.1 Å². The summed E-state index contributed by atoms with van der Waals surface area (Å²) in [6, 6.07) is 15.3. The van der Waals surface area contributed by atoms with Gasteiger partial charge in [0, 0.05) is 28.9 Å². The van der Waals surface area contributed by atoms with Crippen molar-refractivity contribution in [2.45, 2.75) is 13.5 Å². The number of amides is 1. The molecule has 0 saturated heterocycles. The maximum atomic E-state index is 12.0. The number of anilines is 3. The van der Waals surface area contributed by atoms with Crippen LogP contribution in [0.3, 0.4) is 0 Å². The normalized spacial score (nSPS) is 10.6. The molecule has 146 valence electrons. The topological polar surface area (TPSA) is 93.4 Å². The van der Waals surface area contributed by atoms with Crippen LogP contribution in [0.1, 0.15) is 10.6 Å². The van der Waals surface area contributed by atoms with E-state index in [2.05, 4.69) is 26.3 Å². The van der Waals surface area contributed by atoms with Crippen molar-refractivity contribution in [2.75, 3.05) is 35.7 Å². The molecule has 0 aliphatic heterocycles. The summed E-state index contributed by atoms with van der Waals surface area (Å²) in [4.78, 5) is 23.7. The molecule has 3 aromatic rings. The van der Waals surface area contributed by atoms with Gasteiger partial charge in [-0.25, -0.2) is 4.98 Å². The third-order valence-electron chi connectivity index (χ3n) is 3.91. The van der Waals surface area contributed by atoms with Crippen LogP contribution in [0.4, 0.5) is 17.5 Å². The number of hydrogen-bond acceptors (Lipinski definition) is 7. The summed E-state index contributed by atoms with van der Waals surface area (Å²) in [5.41, 5.74) is 7.37. The largest absolute Gasteiger partial charge is 0.370 e. The van der Waals surface area contributed by atoms with Crippen LogP contribution >= 0.6 is 11.3 Å². The number of ether oxygens (including phenoxy) is 1. The molecule has 0 radical (unpaired) electrons. The highest BCUT2D eigenvalue weighted by atomic mass is 32.1. The van der Waals surface area contributed by atoms with E-state index < -0.39 is 0 Å². The third-order valence-corrected chi connectivity index (χ3v) is 4.77. The lowest BCUT2D eigenvalue weighted by molar-refractivity contribution is -0.120. The lowest BCUT2D eigenvalue weighted by atomic mass is 10.3. The molecule has 7 nitrogen and oxygen atoms in total. The first kappa shape index (κ1) is 19.8. The Balaban J connectivity index is 1.55. The molecule has 1 amide bonds. The van der Waals surface area contributed by atoms with Crippen LogP contribution < -0.4 is 16.0 Å². The molecule has 0 unspecified atom stereocenters. The van der Waals surface area contributed by atoms with Gasteiger partial charge in [0.05, 0.1) is 13.2 Å². The quantitative estimate of drug-likeness (QED) is 0.539. The summed E-state index contributed by atoms with van der Waals surface area (Å²) < 4.78 is 5.57. The fraction of sp³-hybridized carbons (Fsp3) is 0.250. The number of aromatic nitrogens is 2. The highest BCUT2D eigenvalue weighted by molar-refractivity contribution is 7.09. The zero-order valence-electron chi connectivity index (χ0n) is 15.7. The number of benzene rings is 1. The first-order valence-electron chi connectivity index (χ1n) is 8.91. The fourth-order valence-electron chi connectivity index (χ4n) is 2.66. The SMILES string of the molecule is Cc1cc(N(CCOCC(=O)Nc2ccccc2)Cc2cccs2)nc(N)n1. The summed E-state index contributed by atoms with van der Waals surface area (Å²) in [5, 5.41) is 4.84. The monoisotopic (exact) mass is 397 g/mol. The Morgan fingerprint density at radius 2 is 2.04 bits per heavy atom. The molecule has 2 heterocycles. The number of nitrogens with zero attached hydrogens (tertiary/aromatic N) is 3. The average Bonchev–Trinajstić information content (AvgIpc) is 3.17. The molecule has 28 heavy (non-hydrogen) atoms. The number of carbonyl (C=O) groups excluding carboxylic acids is 1. The van der Waals surface area contributed by atoms with Crippen molar-refractivity contribution in [2.24, 2.45) is 0 Å². The van der Waals surface area contributed by atoms with Crippen molar-refractivity contribution < 1.29 is 9.53 Å². The second kappa shape index (κ2) is 9.82. The van der Waals surface area contributed by atoms with Gasteiger partial charge in [-0.3, -0.25) is 4.79 Å². The number of aryl methyl sites for hydroxylation is 1. The van der Waals surface area contributed by atoms with Gasteiger partial charge in [0.1, 0.15) is 12.4 Å². The number of thiophene rings is 1. The van der Waals surface area contributed by atoms with Crippen LogP contribution in [0, 0.1) is 6.92 Å². The van der Waals surface area contributed by atoms with Crippen molar-refractivity contribution in [3.8, 4) is 0 Å². The summed E-state index contributed by atoms with van der Waals surface area (Å²) >= 11 is 1.68. The highest BCUT2D eigenvalue weighted by Gasteiger charge is 2.12. The Morgan fingerprint density at radius 1 is 1.21 bits per heavy atom. The summed E-state index contributed by atoms with van der Waals surface area (Å²) in [6.45, 7) is 3.53. The van der Waals surface area contributed by atoms with E-state index in [1.807, 2.05) is 54.8 Å². The molecule has 0 aliphatic rings. The number of rotatable bonds is 9. The average molecular weight is 398 g/mol. The maximum absolute atomic E-state index is 12.0. The molecular formula is C20H23N5O2S. The second-order valence-corrected chi connectivity index (χ2v) is 7.23. The van der Waals surface area contributed by atoms with E-state index in [0.29, 0.717) is 19.7 Å².